The normalized spacial score (nSPS) is 27.5. The molecule has 0 aromatic heterocycles. The lowest BCUT2D eigenvalue weighted by atomic mass is 9.96. The number of carbonyl (C=O) groups excluding carboxylic acids is 1. The van der Waals surface area contributed by atoms with E-state index < -0.39 is 30.5 Å². The molecule has 2 rings (SSSR count). The van der Waals surface area contributed by atoms with Crippen LogP contribution in [0.4, 0.5) is 13.2 Å². The van der Waals surface area contributed by atoms with Crippen LogP contribution < -0.4 is 5.32 Å². The lowest BCUT2D eigenvalue weighted by Crippen LogP contribution is -2.42. The first-order chi connectivity index (χ1) is 11.3. The molecule has 1 saturated carbocycles. The predicted molar refractivity (Wildman–Crippen MR) is 81.4 cm³/mol. The zero-order chi connectivity index (χ0) is 17.7. The molecule has 2 aliphatic rings. The fourth-order valence-electron chi connectivity index (χ4n) is 3.67. The first-order valence-electron chi connectivity index (χ1n) is 8.58. The summed E-state index contributed by atoms with van der Waals surface area (Å²) >= 11 is 0. The Morgan fingerprint density at radius 2 is 1.62 bits per heavy atom. The molecule has 24 heavy (non-hydrogen) atoms. The Bertz CT molecular complexity index is 448. The van der Waals surface area contributed by atoms with Gasteiger partial charge >= 0.3 is 12.1 Å². The highest BCUT2D eigenvalue weighted by Crippen LogP contribution is 2.37. The van der Waals surface area contributed by atoms with Gasteiger partial charge in [-0.2, -0.15) is 13.2 Å². The number of rotatable bonds is 4. The number of carboxylic acids is 1. The highest BCUT2D eigenvalue weighted by atomic mass is 19.4. The first kappa shape index (κ1) is 19.0. The summed E-state index contributed by atoms with van der Waals surface area (Å²) in [5, 5.41) is 11.9. The molecule has 5 nitrogen and oxygen atoms in total. The van der Waals surface area contributed by atoms with Crippen LogP contribution in [0.2, 0.25) is 0 Å². The van der Waals surface area contributed by atoms with Crippen LogP contribution in [-0.4, -0.2) is 53.7 Å². The molecule has 138 valence electrons. The van der Waals surface area contributed by atoms with E-state index in [9.17, 15) is 22.8 Å². The van der Waals surface area contributed by atoms with E-state index in [2.05, 4.69) is 5.32 Å². The van der Waals surface area contributed by atoms with Gasteiger partial charge in [0.05, 0.1) is 18.4 Å². The Morgan fingerprint density at radius 1 is 1.04 bits per heavy atom. The van der Waals surface area contributed by atoms with E-state index in [4.69, 9.17) is 5.11 Å². The Morgan fingerprint density at radius 3 is 2.12 bits per heavy atom. The summed E-state index contributed by atoms with van der Waals surface area (Å²) < 4.78 is 38.8. The number of aliphatic carboxylic acids is 1. The van der Waals surface area contributed by atoms with Crippen molar-refractivity contribution in [3.63, 3.8) is 0 Å². The smallest absolute Gasteiger partial charge is 0.393 e. The first-order valence-corrected chi connectivity index (χ1v) is 8.58. The fourth-order valence-corrected chi connectivity index (χ4v) is 3.67. The summed E-state index contributed by atoms with van der Waals surface area (Å²) in [7, 11) is 0. The van der Waals surface area contributed by atoms with E-state index in [1.165, 1.54) is 11.3 Å². The number of likely N-dealkylation sites (tertiary alicyclic amines) is 1. The highest BCUT2D eigenvalue weighted by Gasteiger charge is 2.52. The maximum Gasteiger partial charge on any atom is 0.393 e. The second kappa shape index (κ2) is 8.18. The van der Waals surface area contributed by atoms with Crippen LogP contribution >= 0.6 is 0 Å². The molecule has 0 unspecified atom stereocenters. The molecule has 2 N–H and O–H groups in total. The van der Waals surface area contributed by atoms with E-state index >= 15 is 0 Å². The number of amides is 1. The maximum absolute atomic E-state index is 12.9. The maximum atomic E-state index is 12.9. The van der Waals surface area contributed by atoms with Gasteiger partial charge in [0, 0.05) is 19.1 Å². The molecule has 0 bridgehead atoms. The van der Waals surface area contributed by atoms with Crippen molar-refractivity contribution in [3.05, 3.63) is 0 Å². The molecule has 1 amide bonds. The van der Waals surface area contributed by atoms with Crippen molar-refractivity contribution >= 4 is 11.9 Å². The van der Waals surface area contributed by atoms with E-state index in [0.717, 1.165) is 38.5 Å². The van der Waals surface area contributed by atoms with E-state index in [1.54, 1.807) is 0 Å². The summed E-state index contributed by atoms with van der Waals surface area (Å²) in [6.45, 7) is -0.844. The molecule has 2 atom stereocenters. The van der Waals surface area contributed by atoms with Gasteiger partial charge in [-0.3, -0.25) is 14.5 Å². The number of alkyl halides is 3. The quantitative estimate of drug-likeness (QED) is 0.817. The third-order valence-electron chi connectivity index (χ3n) is 4.97. The van der Waals surface area contributed by atoms with Gasteiger partial charge in [0.2, 0.25) is 5.91 Å². The number of hydrogen-bond donors (Lipinski definition) is 2. The molecule has 1 aliphatic carbocycles. The van der Waals surface area contributed by atoms with Crippen molar-refractivity contribution in [1.82, 2.24) is 10.2 Å². The Kier molecular flexibility index (Phi) is 6.48. The molecule has 1 saturated heterocycles. The van der Waals surface area contributed by atoms with Gasteiger partial charge in [0.15, 0.2) is 0 Å². The Labute approximate surface area is 139 Å². The van der Waals surface area contributed by atoms with Crippen molar-refractivity contribution in [2.24, 2.45) is 11.8 Å². The van der Waals surface area contributed by atoms with E-state index in [0.29, 0.717) is 0 Å². The molecule has 0 aromatic carbocycles. The number of nitrogens with one attached hydrogen (secondary N) is 1. The highest BCUT2D eigenvalue weighted by molar-refractivity contribution is 5.78. The van der Waals surface area contributed by atoms with Crippen LogP contribution in [0.1, 0.15) is 44.9 Å². The molecule has 2 fully saturated rings. The van der Waals surface area contributed by atoms with Crippen LogP contribution in [0, 0.1) is 11.8 Å². The SMILES string of the molecule is O=C(CN1C[C@@H](C(F)(F)F)[C@H](C(=O)O)C1)NC1CCCCCCC1. The van der Waals surface area contributed by atoms with Gasteiger partial charge in [-0.05, 0) is 12.8 Å². The molecule has 1 aliphatic heterocycles. The number of nitrogens with zero attached hydrogens (tertiary/aromatic N) is 1. The fraction of sp³-hybridized carbons (Fsp3) is 0.875. The molecule has 1 heterocycles. The summed E-state index contributed by atoms with van der Waals surface area (Å²) in [5.74, 6) is -5.18. The summed E-state index contributed by atoms with van der Waals surface area (Å²) in [6, 6.07) is 0.0779. The van der Waals surface area contributed by atoms with Gasteiger partial charge in [0.25, 0.3) is 0 Å². The van der Waals surface area contributed by atoms with Crippen molar-refractivity contribution in [3.8, 4) is 0 Å². The monoisotopic (exact) mass is 350 g/mol. The number of carbonyl (C=O) groups is 2. The second-order valence-corrected chi connectivity index (χ2v) is 6.90. The minimum atomic E-state index is -4.56. The van der Waals surface area contributed by atoms with Crippen LogP contribution in [0.3, 0.4) is 0 Å². The molecule has 8 heteroatoms. The largest absolute Gasteiger partial charge is 0.481 e. The van der Waals surface area contributed by atoms with Crippen LogP contribution in [-0.2, 0) is 9.59 Å². The Hall–Kier alpha value is -1.31. The summed E-state index contributed by atoms with van der Waals surface area (Å²) in [4.78, 5) is 24.5. The minimum absolute atomic E-state index is 0.0779. The minimum Gasteiger partial charge on any atom is -0.481 e. The molecular formula is C16H25F3N2O3. The third kappa shape index (κ3) is 5.36. The molecule has 0 spiro atoms. The van der Waals surface area contributed by atoms with Gasteiger partial charge < -0.3 is 10.4 Å². The zero-order valence-electron chi connectivity index (χ0n) is 13.6. The van der Waals surface area contributed by atoms with Gasteiger partial charge in [-0.25, -0.2) is 0 Å². The number of hydrogen-bond acceptors (Lipinski definition) is 3. The number of halogens is 3. The summed E-state index contributed by atoms with van der Waals surface area (Å²) in [5.41, 5.74) is 0. The average molecular weight is 350 g/mol. The topological polar surface area (TPSA) is 69.6 Å². The summed E-state index contributed by atoms with van der Waals surface area (Å²) in [6.07, 6.45) is 2.83. The lowest BCUT2D eigenvalue weighted by Gasteiger charge is -2.23. The Balaban J connectivity index is 1.86. The van der Waals surface area contributed by atoms with Crippen molar-refractivity contribution in [1.29, 1.82) is 0 Å². The van der Waals surface area contributed by atoms with E-state index in [1.807, 2.05) is 0 Å². The van der Waals surface area contributed by atoms with Crippen LogP contribution in [0.5, 0.6) is 0 Å². The number of carboxylic acid groups (broad SMARTS) is 1. The third-order valence-corrected chi connectivity index (χ3v) is 4.97. The standard InChI is InChI=1S/C16H25F3N2O3/c17-16(18,19)13-9-21(8-12(13)15(23)24)10-14(22)20-11-6-4-2-1-3-5-7-11/h11-13H,1-10H2,(H,20,22)(H,23,24)/t12-,13-/m1/s1. The molecule has 0 aromatic rings. The predicted octanol–water partition coefficient (Wildman–Crippen LogP) is 2.41. The molecular weight excluding hydrogens is 325 g/mol. The van der Waals surface area contributed by atoms with Gasteiger partial charge in [0.1, 0.15) is 0 Å². The van der Waals surface area contributed by atoms with Crippen molar-refractivity contribution < 1.29 is 27.9 Å². The van der Waals surface area contributed by atoms with Crippen LogP contribution in [0.15, 0.2) is 0 Å². The van der Waals surface area contributed by atoms with Gasteiger partial charge in [-0.1, -0.05) is 32.1 Å². The van der Waals surface area contributed by atoms with Gasteiger partial charge in [-0.15, -0.1) is 0 Å². The second-order valence-electron chi connectivity index (χ2n) is 6.90. The van der Waals surface area contributed by atoms with Crippen molar-refractivity contribution in [2.75, 3.05) is 19.6 Å². The lowest BCUT2D eigenvalue weighted by molar-refractivity contribution is -0.188. The average Bonchev–Trinajstić information content (AvgIpc) is 2.85. The van der Waals surface area contributed by atoms with E-state index in [-0.39, 0.29) is 25.0 Å². The van der Waals surface area contributed by atoms with Crippen LogP contribution in [0.25, 0.3) is 0 Å². The van der Waals surface area contributed by atoms with Crippen molar-refractivity contribution in [2.45, 2.75) is 57.2 Å². The molecule has 0 radical (unpaired) electrons. The zero-order valence-corrected chi connectivity index (χ0v) is 13.6.